The lowest BCUT2D eigenvalue weighted by Gasteiger charge is -2.37. The summed E-state index contributed by atoms with van der Waals surface area (Å²) in [5.41, 5.74) is 0.507. The van der Waals surface area contributed by atoms with Gasteiger partial charge in [-0.1, -0.05) is 6.92 Å². The molecule has 2 fully saturated rings. The van der Waals surface area contributed by atoms with E-state index in [1.807, 2.05) is 0 Å². The van der Waals surface area contributed by atoms with Gasteiger partial charge in [-0.15, -0.1) is 0 Å². The molecule has 82 valence electrons. The van der Waals surface area contributed by atoms with E-state index in [2.05, 4.69) is 12.2 Å². The van der Waals surface area contributed by atoms with Crippen LogP contribution in [0.15, 0.2) is 0 Å². The van der Waals surface area contributed by atoms with E-state index in [0.29, 0.717) is 5.41 Å². The van der Waals surface area contributed by atoms with Crippen LogP contribution in [0.25, 0.3) is 0 Å². The lowest BCUT2D eigenvalue weighted by molar-refractivity contribution is -0.0200. The van der Waals surface area contributed by atoms with Gasteiger partial charge in [-0.3, -0.25) is 0 Å². The number of hydrogen-bond donors (Lipinski definition) is 1. The lowest BCUT2D eigenvalue weighted by Crippen LogP contribution is -2.43. The molecule has 14 heavy (non-hydrogen) atoms. The molecular weight excluding hydrogens is 174 g/mol. The number of hydrogen-bond acceptors (Lipinski definition) is 2. The van der Waals surface area contributed by atoms with E-state index in [1.54, 1.807) is 0 Å². The maximum Gasteiger partial charge on any atom is 0.0537 e. The maximum atomic E-state index is 5.68. The average molecular weight is 197 g/mol. The zero-order chi connectivity index (χ0) is 9.86. The fourth-order valence-electron chi connectivity index (χ4n) is 2.69. The van der Waals surface area contributed by atoms with Gasteiger partial charge in [-0.25, -0.2) is 0 Å². The zero-order valence-corrected chi connectivity index (χ0v) is 9.35. The first kappa shape index (κ1) is 10.4. The first-order chi connectivity index (χ1) is 6.87. The van der Waals surface area contributed by atoms with Crippen LogP contribution in [0.2, 0.25) is 0 Å². The predicted molar refractivity (Wildman–Crippen MR) is 58.4 cm³/mol. The Morgan fingerprint density at radius 1 is 1.43 bits per heavy atom. The summed E-state index contributed by atoms with van der Waals surface area (Å²) in [4.78, 5) is 0. The van der Waals surface area contributed by atoms with Gasteiger partial charge in [0, 0.05) is 18.6 Å². The SMILES string of the molecule is CCCNCC1(C2CC2)CCCOC1. The number of ether oxygens (including phenoxy) is 1. The van der Waals surface area contributed by atoms with Crippen LogP contribution >= 0.6 is 0 Å². The molecule has 1 heterocycles. The Morgan fingerprint density at radius 2 is 2.29 bits per heavy atom. The summed E-state index contributed by atoms with van der Waals surface area (Å²) in [5.74, 6) is 0.965. The number of rotatable bonds is 5. The summed E-state index contributed by atoms with van der Waals surface area (Å²) in [5, 5.41) is 3.59. The van der Waals surface area contributed by atoms with Crippen molar-refractivity contribution in [3.05, 3.63) is 0 Å². The van der Waals surface area contributed by atoms with Crippen molar-refractivity contribution in [3.63, 3.8) is 0 Å². The van der Waals surface area contributed by atoms with Crippen LogP contribution in [0.1, 0.15) is 39.0 Å². The van der Waals surface area contributed by atoms with Crippen molar-refractivity contribution in [2.24, 2.45) is 11.3 Å². The highest BCUT2D eigenvalue weighted by atomic mass is 16.5. The quantitative estimate of drug-likeness (QED) is 0.682. The fourth-order valence-corrected chi connectivity index (χ4v) is 2.69. The van der Waals surface area contributed by atoms with E-state index in [-0.39, 0.29) is 0 Å². The molecule has 1 aliphatic carbocycles. The first-order valence-corrected chi connectivity index (χ1v) is 6.16. The normalized spacial score (nSPS) is 33.2. The predicted octanol–water partition coefficient (Wildman–Crippen LogP) is 2.19. The van der Waals surface area contributed by atoms with Gasteiger partial charge in [0.1, 0.15) is 0 Å². The van der Waals surface area contributed by atoms with Crippen molar-refractivity contribution in [2.75, 3.05) is 26.3 Å². The van der Waals surface area contributed by atoms with Gasteiger partial charge < -0.3 is 10.1 Å². The smallest absolute Gasteiger partial charge is 0.0537 e. The van der Waals surface area contributed by atoms with Gasteiger partial charge in [-0.05, 0) is 44.6 Å². The second-order valence-electron chi connectivity index (χ2n) is 4.97. The van der Waals surface area contributed by atoms with Gasteiger partial charge in [0.25, 0.3) is 0 Å². The van der Waals surface area contributed by atoms with E-state index in [1.165, 1.54) is 38.6 Å². The Labute approximate surface area is 87.4 Å². The summed E-state index contributed by atoms with van der Waals surface area (Å²) in [7, 11) is 0. The lowest BCUT2D eigenvalue weighted by atomic mass is 9.77. The molecule has 2 heteroatoms. The molecule has 0 bridgehead atoms. The standard InChI is InChI=1S/C12H23NO/c1-2-7-13-9-12(11-4-5-11)6-3-8-14-10-12/h11,13H,2-10H2,1H3. The van der Waals surface area contributed by atoms with Gasteiger partial charge >= 0.3 is 0 Å². The highest BCUT2D eigenvalue weighted by Gasteiger charge is 2.45. The summed E-state index contributed by atoms with van der Waals surface area (Å²) in [6, 6.07) is 0. The number of nitrogens with one attached hydrogen (secondary N) is 1. The van der Waals surface area contributed by atoms with Crippen molar-refractivity contribution in [2.45, 2.75) is 39.0 Å². The third-order valence-electron chi connectivity index (χ3n) is 3.70. The van der Waals surface area contributed by atoms with Crippen LogP contribution in [-0.2, 0) is 4.74 Å². The molecule has 0 aromatic carbocycles. The minimum Gasteiger partial charge on any atom is -0.381 e. The van der Waals surface area contributed by atoms with E-state index < -0.39 is 0 Å². The second-order valence-corrected chi connectivity index (χ2v) is 4.97. The topological polar surface area (TPSA) is 21.3 Å². The molecule has 1 saturated heterocycles. The molecule has 1 atom stereocenters. The molecule has 2 nitrogen and oxygen atoms in total. The maximum absolute atomic E-state index is 5.68. The Hall–Kier alpha value is -0.0800. The summed E-state index contributed by atoms with van der Waals surface area (Å²) in [6.07, 6.45) is 6.77. The highest BCUT2D eigenvalue weighted by molar-refractivity contribution is 4.96. The minimum atomic E-state index is 0.507. The molecule has 2 rings (SSSR count). The van der Waals surface area contributed by atoms with Crippen LogP contribution in [0.4, 0.5) is 0 Å². The molecule has 0 aromatic rings. The second kappa shape index (κ2) is 4.63. The molecule has 1 aliphatic heterocycles. The largest absolute Gasteiger partial charge is 0.381 e. The van der Waals surface area contributed by atoms with Crippen LogP contribution in [0.3, 0.4) is 0 Å². The van der Waals surface area contributed by atoms with Gasteiger partial charge in [0.15, 0.2) is 0 Å². The molecule has 0 spiro atoms. The molecule has 2 aliphatic rings. The van der Waals surface area contributed by atoms with E-state index in [9.17, 15) is 0 Å². The first-order valence-electron chi connectivity index (χ1n) is 6.16. The molecular formula is C12H23NO. The van der Waals surface area contributed by atoms with Crippen LogP contribution < -0.4 is 5.32 Å². The minimum absolute atomic E-state index is 0.507. The molecule has 1 N–H and O–H groups in total. The van der Waals surface area contributed by atoms with Crippen molar-refractivity contribution in [3.8, 4) is 0 Å². The van der Waals surface area contributed by atoms with Crippen LogP contribution in [-0.4, -0.2) is 26.3 Å². The van der Waals surface area contributed by atoms with Crippen LogP contribution in [0, 0.1) is 11.3 Å². The molecule has 0 amide bonds. The Morgan fingerprint density at radius 3 is 2.86 bits per heavy atom. The fraction of sp³-hybridized carbons (Fsp3) is 1.00. The monoisotopic (exact) mass is 197 g/mol. The van der Waals surface area contributed by atoms with E-state index >= 15 is 0 Å². The highest BCUT2D eigenvalue weighted by Crippen LogP contribution is 2.49. The van der Waals surface area contributed by atoms with Crippen molar-refractivity contribution < 1.29 is 4.74 Å². The Kier molecular flexibility index (Phi) is 3.45. The molecule has 1 unspecified atom stereocenters. The summed E-state index contributed by atoms with van der Waals surface area (Å²) >= 11 is 0. The molecule has 0 radical (unpaired) electrons. The Balaban J connectivity index is 1.84. The van der Waals surface area contributed by atoms with Crippen molar-refractivity contribution >= 4 is 0 Å². The van der Waals surface area contributed by atoms with Crippen molar-refractivity contribution in [1.29, 1.82) is 0 Å². The zero-order valence-electron chi connectivity index (χ0n) is 9.35. The van der Waals surface area contributed by atoms with Gasteiger partial charge in [-0.2, -0.15) is 0 Å². The van der Waals surface area contributed by atoms with E-state index in [0.717, 1.165) is 25.7 Å². The van der Waals surface area contributed by atoms with Gasteiger partial charge in [0.05, 0.1) is 6.61 Å². The third kappa shape index (κ3) is 2.29. The van der Waals surface area contributed by atoms with Crippen molar-refractivity contribution in [1.82, 2.24) is 5.32 Å². The average Bonchev–Trinajstić information content (AvgIpc) is 3.03. The molecule has 1 saturated carbocycles. The van der Waals surface area contributed by atoms with Crippen LogP contribution in [0.5, 0.6) is 0 Å². The summed E-state index contributed by atoms with van der Waals surface area (Å²) in [6.45, 7) is 6.57. The van der Waals surface area contributed by atoms with E-state index in [4.69, 9.17) is 4.74 Å². The Bertz CT molecular complexity index is 171. The third-order valence-corrected chi connectivity index (χ3v) is 3.70. The van der Waals surface area contributed by atoms with Gasteiger partial charge in [0.2, 0.25) is 0 Å². The summed E-state index contributed by atoms with van der Waals surface area (Å²) < 4.78 is 5.68. The molecule has 0 aromatic heterocycles.